The van der Waals surface area contributed by atoms with E-state index in [4.69, 9.17) is 9.47 Å². The number of para-hydroxylation sites is 1. The van der Waals surface area contributed by atoms with Crippen LogP contribution in [0.1, 0.15) is 26.5 Å². The normalized spacial score (nSPS) is 10.7. The van der Waals surface area contributed by atoms with Gasteiger partial charge in [0.25, 0.3) is 5.91 Å². The van der Waals surface area contributed by atoms with Crippen LogP contribution in [-0.2, 0) is 9.53 Å². The molecular weight excluding hydrogens is 330 g/mol. The average Bonchev–Trinajstić information content (AvgIpc) is 2.61. The van der Waals surface area contributed by atoms with Crippen molar-refractivity contribution in [3.8, 4) is 11.6 Å². The number of pyridine rings is 1. The monoisotopic (exact) mass is 357 g/mol. The highest BCUT2D eigenvalue weighted by atomic mass is 16.5. The Kier molecular flexibility index (Phi) is 7.41. The van der Waals surface area contributed by atoms with Gasteiger partial charge in [-0.1, -0.05) is 32.0 Å². The number of carbonyl (C=O) groups is 1. The number of benzene rings is 1. The van der Waals surface area contributed by atoms with Crippen molar-refractivity contribution < 1.29 is 14.3 Å². The Balaban J connectivity index is 2.34. The molecule has 0 aliphatic heterocycles. The molecule has 1 aromatic heterocycles. The Labute approximate surface area is 154 Å². The molecule has 2 rings (SSSR count). The van der Waals surface area contributed by atoms with Gasteiger partial charge in [-0.05, 0) is 38.0 Å². The molecule has 26 heavy (non-hydrogen) atoms. The van der Waals surface area contributed by atoms with E-state index >= 15 is 0 Å². The van der Waals surface area contributed by atoms with E-state index in [1.807, 2.05) is 50.2 Å². The number of amides is 1. The van der Waals surface area contributed by atoms with Crippen molar-refractivity contribution in [2.24, 2.45) is 5.92 Å². The van der Waals surface area contributed by atoms with Crippen molar-refractivity contribution in [1.29, 1.82) is 0 Å². The number of ether oxygens (including phenoxy) is 2. The van der Waals surface area contributed by atoms with Crippen molar-refractivity contribution in [3.05, 3.63) is 42.1 Å². The fourth-order valence-corrected chi connectivity index (χ4v) is 2.26. The number of aryl methyl sites for hydroxylation is 1. The Morgan fingerprint density at radius 1 is 1.23 bits per heavy atom. The number of hydrogen-bond donors (Lipinski definition) is 2. The Bertz CT molecular complexity index is 718. The predicted octanol–water partition coefficient (Wildman–Crippen LogP) is 4.23. The molecule has 0 unspecified atom stereocenters. The molecule has 6 nitrogen and oxygen atoms in total. The number of rotatable bonds is 9. The number of anilines is 2. The molecule has 1 aromatic carbocycles. The molecule has 1 heterocycles. The molecule has 0 aliphatic carbocycles. The summed E-state index contributed by atoms with van der Waals surface area (Å²) in [6, 6.07) is 11.3. The van der Waals surface area contributed by atoms with Crippen molar-refractivity contribution >= 4 is 17.3 Å². The molecule has 0 bridgehead atoms. The lowest BCUT2D eigenvalue weighted by atomic mass is 10.2. The van der Waals surface area contributed by atoms with Gasteiger partial charge in [-0.15, -0.1) is 0 Å². The van der Waals surface area contributed by atoms with Crippen LogP contribution in [0.3, 0.4) is 0 Å². The minimum absolute atomic E-state index is 0.0151. The van der Waals surface area contributed by atoms with Gasteiger partial charge in [0.1, 0.15) is 18.0 Å². The summed E-state index contributed by atoms with van der Waals surface area (Å²) < 4.78 is 11.1. The highest BCUT2D eigenvalue weighted by Crippen LogP contribution is 2.35. The quantitative estimate of drug-likeness (QED) is 0.703. The summed E-state index contributed by atoms with van der Waals surface area (Å²) in [6.45, 7) is 9.21. The van der Waals surface area contributed by atoms with Gasteiger partial charge in [0.2, 0.25) is 5.88 Å². The summed E-state index contributed by atoms with van der Waals surface area (Å²) in [5.74, 6) is 1.21. The highest BCUT2D eigenvalue weighted by molar-refractivity contribution is 5.96. The summed E-state index contributed by atoms with van der Waals surface area (Å²) in [4.78, 5) is 16.7. The van der Waals surface area contributed by atoms with Crippen molar-refractivity contribution in [2.45, 2.75) is 27.7 Å². The van der Waals surface area contributed by atoms with Gasteiger partial charge < -0.3 is 20.1 Å². The molecule has 0 aliphatic rings. The van der Waals surface area contributed by atoms with Crippen LogP contribution in [0, 0.1) is 12.8 Å². The molecule has 0 saturated carbocycles. The summed E-state index contributed by atoms with van der Waals surface area (Å²) in [5, 5.41) is 6.24. The molecule has 0 radical (unpaired) electrons. The van der Waals surface area contributed by atoms with E-state index in [1.165, 1.54) is 0 Å². The molecule has 0 fully saturated rings. The Morgan fingerprint density at radius 3 is 2.62 bits per heavy atom. The SMILES string of the molecule is CCOCC(=O)Nc1c(NCC(C)C)cc(C)nc1Oc1ccccc1. The number of nitrogens with one attached hydrogen (secondary N) is 2. The number of hydrogen-bond acceptors (Lipinski definition) is 5. The maximum absolute atomic E-state index is 12.2. The number of nitrogens with zero attached hydrogens (tertiary/aromatic N) is 1. The van der Waals surface area contributed by atoms with E-state index in [2.05, 4.69) is 29.5 Å². The van der Waals surface area contributed by atoms with Crippen LogP contribution < -0.4 is 15.4 Å². The zero-order valence-corrected chi connectivity index (χ0v) is 15.8. The second-order valence-electron chi connectivity index (χ2n) is 6.37. The van der Waals surface area contributed by atoms with Gasteiger partial charge in [0.15, 0.2) is 0 Å². The van der Waals surface area contributed by atoms with Gasteiger partial charge in [-0.3, -0.25) is 4.79 Å². The minimum Gasteiger partial charge on any atom is -0.437 e. The van der Waals surface area contributed by atoms with Crippen molar-refractivity contribution in [1.82, 2.24) is 4.98 Å². The topological polar surface area (TPSA) is 72.5 Å². The maximum Gasteiger partial charge on any atom is 0.250 e. The van der Waals surface area contributed by atoms with E-state index in [0.29, 0.717) is 29.8 Å². The van der Waals surface area contributed by atoms with Gasteiger partial charge in [0, 0.05) is 18.8 Å². The molecule has 1 amide bonds. The molecule has 2 aromatic rings. The molecule has 0 saturated heterocycles. The third kappa shape index (κ3) is 6.04. The Hall–Kier alpha value is -2.60. The van der Waals surface area contributed by atoms with Crippen LogP contribution in [0.25, 0.3) is 0 Å². The largest absolute Gasteiger partial charge is 0.437 e. The number of aromatic nitrogens is 1. The van der Waals surface area contributed by atoms with Crippen LogP contribution in [0.15, 0.2) is 36.4 Å². The third-order valence-electron chi connectivity index (χ3n) is 3.47. The van der Waals surface area contributed by atoms with Crippen LogP contribution in [0.4, 0.5) is 11.4 Å². The first kappa shape index (κ1) is 19.7. The lowest BCUT2D eigenvalue weighted by Gasteiger charge is -2.18. The van der Waals surface area contributed by atoms with E-state index in [9.17, 15) is 4.79 Å². The van der Waals surface area contributed by atoms with Crippen LogP contribution in [-0.4, -0.2) is 30.6 Å². The van der Waals surface area contributed by atoms with Gasteiger partial charge in [-0.25, -0.2) is 4.98 Å². The molecular formula is C20H27N3O3. The standard InChI is InChI=1S/C20H27N3O3/c1-5-25-13-18(24)23-19-17(21-12-14(2)3)11-15(4)22-20(19)26-16-9-7-6-8-10-16/h6-11,14H,5,12-13H2,1-4H3,(H,21,22)(H,23,24). The molecule has 0 spiro atoms. The van der Waals surface area contributed by atoms with Gasteiger partial charge >= 0.3 is 0 Å². The van der Waals surface area contributed by atoms with E-state index in [1.54, 1.807) is 0 Å². The number of carbonyl (C=O) groups excluding carboxylic acids is 1. The second kappa shape index (κ2) is 9.77. The summed E-state index contributed by atoms with van der Waals surface area (Å²) in [7, 11) is 0. The first-order chi connectivity index (χ1) is 12.5. The average molecular weight is 357 g/mol. The highest BCUT2D eigenvalue weighted by Gasteiger charge is 2.17. The predicted molar refractivity (Wildman–Crippen MR) is 104 cm³/mol. The van der Waals surface area contributed by atoms with Crippen LogP contribution in [0.5, 0.6) is 11.6 Å². The maximum atomic E-state index is 12.2. The third-order valence-corrected chi connectivity index (χ3v) is 3.47. The first-order valence-corrected chi connectivity index (χ1v) is 8.85. The van der Waals surface area contributed by atoms with E-state index in [0.717, 1.165) is 17.9 Å². The molecule has 2 N–H and O–H groups in total. The lowest BCUT2D eigenvalue weighted by Crippen LogP contribution is -2.20. The van der Waals surface area contributed by atoms with Crippen LogP contribution in [0.2, 0.25) is 0 Å². The fraction of sp³-hybridized carbons (Fsp3) is 0.400. The summed E-state index contributed by atoms with van der Waals surface area (Å²) in [5.41, 5.74) is 2.09. The van der Waals surface area contributed by atoms with Gasteiger partial charge in [0.05, 0.1) is 5.69 Å². The summed E-state index contributed by atoms with van der Waals surface area (Å²) in [6.07, 6.45) is 0. The van der Waals surface area contributed by atoms with E-state index in [-0.39, 0.29) is 12.5 Å². The molecule has 6 heteroatoms. The zero-order chi connectivity index (χ0) is 18.9. The van der Waals surface area contributed by atoms with Crippen molar-refractivity contribution in [3.63, 3.8) is 0 Å². The first-order valence-electron chi connectivity index (χ1n) is 8.85. The van der Waals surface area contributed by atoms with Crippen molar-refractivity contribution in [2.75, 3.05) is 30.4 Å². The smallest absolute Gasteiger partial charge is 0.250 e. The van der Waals surface area contributed by atoms with Crippen LogP contribution >= 0.6 is 0 Å². The summed E-state index contributed by atoms with van der Waals surface area (Å²) >= 11 is 0. The molecule has 140 valence electrons. The second-order valence-corrected chi connectivity index (χ2v) is 6.37. The molecule has 0 atom stereocenters. The fourth-order valence-electron chi connectivity index (χ4n) is 2.26. The Morgan fingerprint density at radius 2 is 1.96 bits per heavy atom. The zero-order valence-electron chi connectivity index (χ0n) is 15.8. The van der Waals surface area contributed by atoms with Gasteiger partial charge in [-0.2, -0.15) is 0 Å². The minimum atomic E-state index is -0.247. The van der Waals surface area contributed by atoms with E-state index < -0.39 is 0 Å². The lowest BCUT2D eigenvalue weighted by molar-refractivity contribution is -0.120.